The largest absolute Gasteiger partial charge is 0.392 e. The van der Waals surface area contributed by atoms with Gasteiger partial charge in [0.1, 0.15) is 0 Å². The molecule has 1 saturated heterocycles. The second-order valence-corrected chi connectivity index (χ2v) is 5.85. The van der Waals surface area contributed by atoms with Gasteiger partial charge in [0.25, 0.3) is 0 Å². The molecule has 0 aromatic heterocycles. The van der Waals surface area contributed by atoms with Gasteiger partial charge < -0.3 is 10.0 Å². The molecule has 0 bridgehead atoms. The summed E-state index contributed by atoms with van der Waals surface area (Å²) in [5.74, 6) is -0.133. The Morgan fingerprint density at radius 3 is 2.70 bits per heavy atom. The molecule has 1 aromatic carbocycles. The second-order valence-electron chi connectivity index (χ2n) is 5.85. The standard InChI is InChI=1S/C16H23N3O/c1-18(2)11-15-8-16(20)12-19(15)10-14(9-17)13-6-4-3-5-7-13/h3-7,14-16,20H,8,10-12H2,1-2H3. The summed E-state index contributed by atoms with van der Waals surface area (Å²) in [6.07, 6.45) is 0.528. The van der Waals surface area contributed by atoms with Gasteiger partial charge in [-0.2, -0.15) is 5.26 Å². The van der Waals surface area contributed by atoms with Crippen LogP contribution in [0.4, 0.5) is 0 Å². The molecule has 0 amide bonds. The molecule has 0 radical (unpaired) electrons. The Balaban J connectivity index is 2.05. The maximum Gasteiger partial charge on any atom is 0.0839 e. The molecule has 108 valence electrons. The molecule has 1 aliphatic heterocycles. The van der Waals surface area contributed by atoms with Crippen LogP contribution in [-0.4, -0.2) is 60.8 Å². The number of likely N-dealkylation sites (tertiary alicyclic amines) is 1. The second kappa shape index (κ2) is 6.85. The highest BCUT2D eigenvalue weighted by Gasteiger charge is 2.32. The first-order chi connectivity index (χ1) is 9.60. The highest BCUT2D eigenvalue weighted by atomic mass is 16.3. The summed E-state index contributed by atoms with van der Waals surface area (Å²) in [6.45, 7) is 2.28. The number of nitriles is 1. The van der Waals surface area contributed by atoms with Gasteiger partial charge in [0.05, 0.1) is 18.1 Å². The summed E-state index contributed by atoms with van der Waals surface area (Å²) in [6, 6.07) is 12.6. The smallest absolute Gasteiger partial charge is 0.0839 e. The summed E-state index contributed by atoms with van der Waals surface area (Å²) in [4.78, 5) is 4.39. The van der Waals surface area contributed by atoms with E-state index in [9.17, 15) is 10.4 Å². The van der Waals surface area contributed by atoms with Crippen molar-refractivity contribution in [1.82, 2.24) is 9.80 Å². The molecule has 4 heteroatoms. The van der Waals surface area contributed by atoms with Crippen molar-refractivity contribution in [3.8, 4) is 6.07 Å². The van der Waals surface area contributed by atoms with Crippen LogP contribution in [0.5, 0.6) is 0 Å². The zero-order chi connectivity index (χ0) is 14.5. The van der Waals surface area contributed by atoms with Crippen LogP contribution < -0.4 is 0 Å². The zero-order valence-corrected chi connectivity index (χ0v) is 12.2. The number of hydrogen-bond donors (Lipinski definition) is 1. The van der Waals surface area contributed by atoms with Crippen molar-refractivity contribution >= 4 is 0 Å². The molecule has 1 aliphatic rings. The van der Waals surface area contributed by atoms with Gasteiger partial charge in [0.15, 0.2) is 0 Å². The fourth-order valence-corrected chi connectivity index (χ4v) is 2.93. The topological polar surface area (TPSA) is 50.5 Å². The maximum absolute atomic E-state index is 9.90. The van der Waals surface area contributed by atoms with Crippen LogP contribution in [-0.2, 0) is 0 Å². The highest BCUT2D eigenvalue weighted by Crippen LogP contribution is 2.23. The van der Waals surface area contributed by atoms with Crippen molar-refractivity contribution in [3.05, 3.63) is 35.9 Å². The van der Waals surface area contributed by atoms with Gasteiger partial charge in [0, 0.05) is 25.7 Å². The zero-order valence-electron chi connectivity index (χ0n) is 12.2. The average molecular weight is 273 g/mol. The van der Waals surface area contributed by atoms with Gasteiger partial charge in [-0.3, -0.25) is 4.90 Å². The van der Waals surface area contributed by atoms with Gasteiger partial charge in [-0.05, 0) is 26.1 Å². The van der Waals surface area contributed by atoms with E-state index < -0.39 is 0 Å². The lowest BCUT2D eigenvalue weighted by atomic mass is 10.00. The van der Waals surface area contributed by atoms with Crippen LogP contribution in [0, 0.1) is 11.3 Å². The summed E-state index contributed by atoms with van der Waals surface area (Å²) in [7, 11) is 4.09. The molecule has 3 unspecified atom stereocenters. The van der Waals surface area contributed by atoms with E-state index in [0.29, 0.717) is 19.1 Å². The predicted molar refractivity (Wildman–Crippen MR) is 79.3 cm³/mol. The van der Waals surface area contributed by atoms with Gasteiger partial charge in [-0.25, -0.2) is 0 Å². The normalized spacial score (nSPS) is 24.8. The van der Waals surface area contributed by atoms with E-state index >= 15 is 0 Å². The molecule has 1 N–H and O–H groups in total. The molecular weight excluding hydrogens is 250 g/mol. The third kappa shape index (κ3) is 3.80. The Bertz CT molecular complexity index is 455. The van der Waals surface area contributed by atoms with Gasteiger partial charge in [-0.15, -0.1) is 0 Å². The Kier molecular flexibility index (Phi) is 5.13. The predicted octanol–water partition coefficient (Wildman–Crippen LogP) is 1.29. The Morgan fingerprint density at radius 2 is 2.10 bits per heavy atom. The number of likely N-dealkylation sites (N-methyl/N-ethyl adjacent to an activating group) is 1. The molecule has 0 spiro atoms. The van der Waals surface area contributed by atoms with Crippen molar-refractivity contribution in [2.45, 2.75) is 24.5 Å². The maximum atomic E-state index is 9.90. The number of benzene rings is 1. The lowest BCUT2D eigenvalue weighted by Crippen LogP contribution is -2.39. The molecule has 20 heavy (non-hydrogen) atoms. The summed E-state index contributed by atoms with van der Waals surface area (Å²) < 4.78 is 0. The SMILES string of the molecule is CN(C)CC1CC(O)CN1CC(C#N)c1ccccc1. The van der Waals surface area contributed by atoms with Crippen LogP contribution in [0.2, 0.25) is 0 Å². The third-order valence-electron chi connectivity index (χ3n) is 3.86. The van der Waals surface area contributed by atoms with Crippen LogP contribution in [0.1, 0.15) is 17.9 Å². The molecule has 1 heterocycles. The third-order valence-corrected chi connectivity index (χ3v) is 3.86. The molecule has 2 rings (SSSR count). The number of rotatable bonds is 5. The lowest BCUT2D eigenvalue weighted by Gasteiger charge is -2.28. The van der Waals surface area contributed by atoms with Gasteiger partial charge in [-0.1, -0.05) is 30.3 Å². The minimum Gasteiger partial charge on any atom is -0.392 e. The summed E-state index contributed by atoms with van der Waals surface area (Å²) in [5.41, 5.74) is 1.06. The molecule has 0 saturated carbocycles. The Hall–Kier alpha value is -1.41. The van der Waals surface area contributed by atoms with Crippen LogP contribution >= 0.6 is 0 Å². The molecule has 1 fully saturated rings. The van der Waals surface area contributed by atoms with Gasteiger partial charge >= 0.3 is 0 Å². The van der Waals surface area contributed by atoms with E-state index in [1.807, 2.05) is 44.4 Å². The number of hydrogen-bond acceptors (Lipinski definition) is 4. The fraction of sp³-hybridized carbons (Fsp3) is 0.562. The first kappa shape index (κ1) is 15.0. The van der Waals surface area contributed by atoms with Crippen LogP contribution in [0.15, 0.2) is 30.3 Å². The van der Waals surface area contributed by atoms with Crippen molar-refractivity contribution in [3.63, 3.8) is 0 Å². The van der Waals surface area contributed by atoms with E-state index in [1.54, 1.807) is 0 Å². The summed E-state index contributed by atoms with van der Waals surface area (Å²) >= 11 is 0. The van der Waals surface area contributed by atoms with Crippen LogP contribution in [0.25, 0.3) is 0 Å². The van der Waals surface area contributed by atoms with E-state index in [2.05, 4.69) is 15.9 Å². The minimum atomic E-state index is -0.268. The average Bonchev–Trinajstić information content (AvgIpc) is 2.76. The molecule has 1 aromatic rings. The Morgan fingerprint density at radius 1 is 1.40 bits per heavy atom. The quantitative estimate of drug-likeness (QED) is 0.878. The van der Waals surface area contributed by atoms with Gasteiger partial charge in [0.2, 0.25) is 0 Å². The van der Waals surface area contributed by atoms with Crippen molar-refractivity contribution in [2.75, 3.05) is 33.7 Å². The van der Waals surface area contributed by atoms with Crippen molar-refractivity contribution in [1.29, 1.82) is 5.26 Å². The van der Waals surface area contributed by atoms with Crippen LogP contribution in [0.3, 0.4) is 0 Å². The fourth-order valence-electron chi connectivity index (χ4n) is 2.93. The van der Waals surface area contributed by atoms with Crippen molar-refractivity contribution in [2.24, 2.45) is 0 Å². The molecule has 4 nitrogen and oxygen atoms in total. The van der Waals surface area contributed by atoms with E-state index in [-0.39, 0.29) is 12.0 Å². The lowest BCUT2D eigenvalue weighted by molar-refractivity contribution is 0.171. The first-order valence-corrected chi connectivity index (χ1v) is 7.11. The number of nitrogens with zero attached hydrogens (tertiary/aromatic N) is 3. The molecule has 3 atom stereocenters. The first-order valence-electron chi connectivity index (χ1n) is 7.11. The number of aliphatic hydroxyl groups is 1. The van der Waals surface area contributed by atoms with E-state index in [0.717, 1.165) is 18.5 Å². The van der Waals surface area contributed by atoms with E-state index in [4.69, 9.17) is 0 Å². The molecular formula is C16H23N3O. The molecule has 0 aliphatic carbocycles. The Labute approximate surface area is 121 Å². The summed E-state index contributed by atoms with van der Waals surface area (Å²) in [5, 5.41) is 19.3. The number of aliphatic hydroxyl groups excluding tert-OH is 1. The number of β-amino-alcohol motifs (C(OH)–C–C–N with tert-alkyl or cyclic N) is 1. The monoisotopic (exact) mass is 273 g/mol. The van der Waals surface area contributed by atoms with E-state index in [1.165, 1.54) is 0 Å². The minimum absolute atomic E-state index is 0.133. The highest BCUT2D eigenvalue weighted by molar-refractivity contribution is 5.25. The van der Waals surface area contributed by atoms with Crippen molar-refractivity contribution < 1.29 is 5.11 Å².